The summed E-state index contributed by atoms with van der Waals surface area (Å²) in [5.74, 6) is -0.454. The first-order valence-corrected chi connectivity index (χ1v) is 6.45. The van der Waals surface area contributed by atoms with E-state index in [-0.39, 0.29) is 33.3 Å². The van der Waals surface area contributed by atoms with Crippen LogP contribution < -0.4 is 0 Å². The van der Waals surface area contributed by atoms with E-state index in [1.54, 1.807) is 0 Å². The van der Waals surface area contributed by atoms with Gasteiger partial charge in [0.25, 0.3) is 0 Å². The topological polar surface area (TPSA) is 87.4 Å². The molecule has 5 radical (unpaired) electrons. The van der Waals surface area contributed by atoms with Crippen LogP contribution in [0.4, 0.5) is 0 Å². The molecule has 0 spiro atoms. The van der Waals surface area contributed by atoms with E-state index >= 15 is 0 Å². The predicted molar refractivity (Wildman–Crippen MR) is 75.7 cm³/mol. The van der Waals surface area contributed by atoms with E-state index in [1.807, 2.05) is 52.0 Å². The third-order valence-corrected chi connectivity index (χ3v) is 2.59. The van der Waals surface area contributed by atoms with Gasteiger partial charge in [-0.25, -0.2) is 6.08 Å². The van der Waals surface area contributed by atoms with Crippen LogP contribution in [0.3, 0.4) is 0 Å². The Kier molecular flexibility index (Phi) is 22.3. The van der Waals surface area contributed by atoms with Gasteiger partial charge in [0.05, 0.1) is 12.7 Å². The fraction of sp³-hybridized carbons (Fsp3) is 0.412. The summed E-state index contributed by atoms with van der Waals surface area (Å²) < 4.78 is 38.9. The smallest absolute Gasteiger partial charge is 0.0312 e. The Labute approximate surface area is 158 Å². The zero-order valence-electron chi connectivity index (χ0n) is 13.4. The fourth-order valence-electron chi connectivity index (χ4n) is 1.77. The summed E-state index contributed by atoms with van der Waals surface area (Å²) >= 11 is 0. The third-order valence-electron chi connectivity index (χ3n) is 2.59. The van der Waals surface area contributed by atoms with Gasteiger partial charge in [0.15, 0.2) is 5.79 Å². The van der Waals surface area contributed by atoms with Gasteiger partial charge in [-0.05, 0) is 46.0 Å². The van der Waals surface area contributed by atoms with Gasteiger partial charge in [-0.2, -0.15) is 0 Å². The second-order valence-corrected chi connectivity index (χ2v) is 4.48. The first-order valence-electron chi connectivity index (χ1n) is 6.45. The standard InChI is InChI=1S/C9H13O3.C5H5.3CO.W/c1-9(2)11-6-8(12-9)7-4-3-5-10-7;1-2-4-5-3-1;3*1-2;/h4,7-8H,5-6H2,1-2H3;1-5H;;;;/q-1;;;;;+2/t7-,8+;;;;;/m0...../s1. The Bertz CT molecular complexity index is 349. The first-order chi connectivity index (χ1) is 11.2. The summed E-state index contributed by atoms with van der Waals surface area (Å²) in [5.41, 5.74) is 0. The molecule has 1 saturated heterocycles. The van der Waals surface area contributed by atoms with E-state index in [0.717, 1.165) is 0 Å². The minimum absolute atomic E-state index is 0. The quantitative estimate of drug-likeness (QED) is 0.405. The van der Waals surface area contributed by atoms with Crippen molar-refractivity contribution in [2.45, 2.75) is 31.8 Å². The molecule has 0 unspecified atom stereocenters. The molecular formula is C17H18O6W+. The summed E-state index contributed by atoms with van der Waals surface area (Å²) in [6.45, 7) is 18.5. The van der Waals surface area contributed by atoms with Gasteiger partial charge < -0.3 is 20.3 Å². The van der Waals surface area contributed by atoms with Gasteiger partial charge in [-0.1, -0.05) is 6.61 Å². The molecule has 24 heavy (non-hydrogen) atoms. The summed E-state index contributed by atoms with van der Waals surface area (Å²) in [5, 5.41) is 0. The van der Waals surface area contributed by atoms with Crippen LogP contribution >= 0.6 is 0 Å². The van der Waals surface area contributed by atoms with Gasteiger partial charge in [0.2, 0.25) is 0 Å². The first kappa shape index (κ1) is 28.3. The molecule has 0 aromatic carbocycles. The third kappa shape index (κ3) is 12.9. The molecule has 2 atom stereocenters. The molecule has 0 aromatic rings. The van der Waals surface area contributed by atoms with E-state index in [2.05, 4.69) is 26.0 Å². The van der Waals surface area contributed by atoms with Crippen LogP contribution in [0.5, 0.6) is 0 Å². The van der Waals surface area contributed by atoms with Crippen LogP contribution in [-0.4, -0.2) is 31.2 Å². The monoisotopic (exact) mass is 502 g/mol. The van der Waals surface area contributed by atoms with Crippen molar-refractivity contribution in [2.24, 2.45) is 0 Å². The molecule has 0 aromatic heterocycles. The van der Waals surface area contributed by atoms with Crippen molar-refractivity contribution in [3.05, 3.63) is 64.2 Å². The van der Waals surface area contributed by atoms with Crippen LogP contribution in [0.2, 0.25) is 0 Å². The SMILES string of the molecule is CC1(C)OC[C@H]([C@@H]2C=[C-]CO2)O1.[C-]#[O+].[C-]#[O+].[C-]#[O+].[CH]1[CH][CH][CH][CH]1.[W+2]. The maximum Gasteiger partial charge on any atom is 2.00 e. The zero-order chi connectivity index (χ0) is 18.1. The van der Waals surface area contributed by atoms with Crippen molar-refractivity contribution < 1.29 is 49.2 Å². The van der Waals surface area contributed by atoms with E-state index in [4.69, 9.17) is 28.2 Å². The largest absolute Gasteiger partial charge is 2.00 e. The van der Waals surface area contributed by atoms with Gasteiger partial charge in [-0.3, -0.25) is 0 Å². The van der Waals surface area contributed by atoms with E-state index in [1.165, 1.54) is 0 Å². The summed E-state index contributed by atoms with van der Waals surface area (Å²) in [6.07, 6.45) is 15.0. The number of hydrogen-bond donors (Lipinski definition) is 0. The van der Waals surface area contributed by atoms with Crippen LogP contribution in [0.25, 0.3) is 0 Å². The van der Waals surface area contributed by atoms with Crippen molar-refractivity contribution >= 4 is 0 Å². The Balaban J connectivity index is -0.000000311. The summed E-state index contributed by atoms with van der Waals surface area (Å²) in [7, 11) is 0. The number of ether oxygens (including phenoxy) is 3. The molecule has 6 nitrogen and oxygen atoms in total. The molecule has 127 valence electrons. The number of rotatable bonds is 1. The Morgan fingerprint density at radius 2 is 1.42 bits per heavy atom. The molecule has 7 heteroatoms. The predicted octanol–water partition coefficient (Wildman–Crippen LogP) is 1.80. The molecular weight excluding hydrogens is 484 g/mol. The molecule has 0 bridgehead atoms. The summed E-state index contributed by atoms with van der Waals surface area (Å²) in [4.78, 5) is 0. The second kappa shape index (κ2) is 18.9. The van der Waals surface area contributed by atoms with Crippen LogP contribution in [0.1, 0.15) is 13.8 Å². The number of hydrogen-bond acceptors (Lipinski definition) is 3. The normalized spacial score (nSPS) is 24.8. The van der Waals surface area contributed by atoms with Crippen LogP contribution in [-0.2, 0) is 49.2 Å². The van der Waals surface area contributed by atoms with Gasteiger partial charge >= 0.3 is 55.0 Å². The van der Waals surface area contributed by atoms with Gasteiger partial charge in [-0.15, -0.1) is 0 Å². The second-order valence-electron chi connectivity index (χ2n) is 4.48. The molecule has 3 rings (SSSR count). The average Bonchev–Trinajstić information content (AvgIpc) is 3.36. The van der Waals surface area contributed by atoms with Gasteiger partial charge in [0.1, 0.15) is 6.10 Å². The molecule has 2 aliphatic heterocycles. The average molecular weight is 502 g/mol. The van der Waals surface area contributed by atoms with Crippen molar-refractivity contribution in [1.82, 2.24) is 0 Å². The van der Waals surface area contributed by atoms with Crippen LogP contribution in [0, 0.1) is 58.1 Å². The molecule has 3 aliphatic rings. The molecule has 2 fully saturated rings. The zero-order valence-corrected chi connectivity index (χ0v) is 16.3. The van der Waals surface area contributed by atoms with Crippen molar-refractivity contribution in [2.75, 3.05) is 13.2 Å². The maximum atomic E-state index is 7.50. The maximum absolute atomic E-state index is 7.50. The molecule has 1 aliphatic carbocycles. The van der Waals surface area contributed by atoms with Crippen molar-refractivity contribution in [3.8, 4) is 0 Å². The molecule has 2 heterocycles. The van der Waals surface area contributed by atoms with Gasteiger partial charge in [0, 0.05) is 0 Å². The molecule has 0 amide bonds. The fourth-order valence-corrected chi connectivity index (χ4v) is 1.77. The molecule has 1 saturated carbocycles. The molecule has 0 N–H and O–H groups in total. The van der Waals surface area contributed by atoms with E-state index in [9.17, 15) is 0 Å². The van der Waals surface area contributed by atoms with Crippen LogP contribution in [0.15, 0.2) is 6.08 Å². The van der Waals surface area contributed by atoms with Crippen molar-refractivity contribution in [3.63, 3.8) is 0 Å². The Morgan fingerprint density at radius 1 is 0.958 bits per heavy atom. The van der Waals surface area contributed by atoms with Crippen molar-refractivity contribution in [1.29, 1.82) is 0 Å². The van der Waals surface area contributed by atoms with E-state index < -0.39 is 5.79 Å². The Morgan fingerprint density at radius 3 is 1.71 bits per heavy atom. The minimum atomic E-state index is -0.454. The summed E-state index contributed by atoms with van der Waals surface area (Å²) in [6, 6.07) is 0. The van der Waals surface area contributed by atoms with E-state index in [0.29, 0.717) is 13.2 Å². The Hall–Kier alpha value is -0.472. The minimum Gasteiger partial charge on any atom is -0.0312 e.